The number of pyridine rings is 1. The predicted octanol–water partition coefficient (Wildman–Crippen LogP) is 4.07. The van der Waals surface area contributed by atoms with Gasteiger partial charge in [-0.3, -0.25) is 4.98 Å². The smallest absolute Gasteiger partial charge is 0.0474 e. The first-order valence-electron chi connectivity index (χ1n) is 5.35. The van der Waals surface area contributed by atoms with Crippen molar-refractivity contribution in [2.45, 2.75) is 19.2 Å². The molecule has 2 rings (SSSR count). The lowest BCUT2D eigenvalue weighted by Gasteiger charge is -1.89. The monoisotopic (exact) mass is 233 g/mol. The van der Waals surface area contributed by atoms with Crippen molar-refractivity contribution in [3.63, 3.8) is 0 Å². The van der Waals surface area contributed by atoms with E-state index >= 15 is 0 Å². The first-order chi connectivity index (χ1) is 7.86. The number of benzene rings is 1. The van der Waals surface area contributed by atoms with Gasteiger partial charge in [-0.15, -0.1) is 11.6 Å². The van der Waals surface area contributed by atoms with Crippen LogP contribution < -0.4 is 0 Å². The highest BCUT2D eigenvalue weighted by Gasteiger charge is 1.82. The van der Waals surface area contributed by atoms with Gasteiger partial charge in [-0.25, -0.2) is 0 Å². The summed E-state index contributed by atoms with van der Waals surface area (Å²) in [5.74, 6) is 0.612. The summed E-state index contributed by atoms with van der Waals surface area (Å²) in [7, 11) is 0. The molecule has 0 aliphatic rings. The van der Waals surface area contributed by atoms with Crippen molar-refractivity contribution in [2.24, 2.45) is 0 Å². The first-order valence-corrected chi connectivity index (χ1v) is 5.89. The van der Waals surface area contributed by atoms with Crippen LogP contribution in [-0.4, -0.2) is 4.98 Å². The zero-order valence-corrected chi connectivity index (χ0v) is 10.2. The molecule has 0 fully saturated rings. The molecule has 0 saturated heterocycles. The van der Waals surface area contributed by atoms with Crippen molar-refractivity contribution < 1.29 is 0 Å². The van der Waals surface area contributed by atoms with E-state index in [1.807, 2.05) is 54.9 Å². The fourth-order valence-electron chi connectivity index (χ4n) is 1.19. The van der Waals surface area contributed by atoms with Gasteiger partial charge in [0.2, 0.25) is 0 Å². The Labute approximate surface area is 102 Å². The Hall–Kier alpha value is -1.34. The fraction of sp³-hybridized carbons (Fsp3) is 0.214. The normalized spacial score (nSPS) is 9.12. The predicted molar refractivity (Wildman–Crippen MR) is 69.6 cm³/mol. The highest BCUT2D eigenvalue weighted by atomic mass is 35.5. The first kappa shape index (κ1) is 12.7. The zero-order valence-electron chi connectivity index (χ0n) is 9.44. The molecule has 0 amide bonds. The molecule has 2 heteroatoms. The molecule has 1 aromatic carbocycles. The highest BCUT2D eigenvalue weighted by molar-refractivity contribution is 6.17. The number of halogens is 1. The Balaban J connectivity index is 0.000000160. The van der Waals surface area contributed by atoms with Gasteiger partial charge < -0.3 is 0 Å². The number of aryl methyl sites for hydroxylation is 1. The van der Waals surface area contributed by atoms with E-state index in [9.17, 15) is 0 Å². The van der Waals surface area contributed by atoms with Crippen molar-refractivity contribution in [3.8, 4) is 0 Å². The second-order valence-corrected chi connectivity index (χ2v) is 3.60. The van der Waals surface area contributed by atoms with Gasteiger partial charge in [0.25, 0.3) is 0 Å². The fourth-order valence-corrected chi connectivity index (χ4v) is 1.36. The number of aromatic nitrogens is 1. The number of hydrogen-bond acceptors (Lipinski definition) is 1. The summed E-state index contributed by atoms with van der Waals surface area (Å²) < 4.78 is 0. The largest absolute Gasteiger partial charge is 0.265 e. The van der Waals surface area contributed by atoms with Gasteiger partial charge in [0, 0.05) is 18.3 Å². The summed E-state index contributed by atoms with van der Waals surface area (Å²) in [6.07, 6.45) is 4.74. The van der Waals surface area contributed by atoms with Gasteiger partial charge in [0.15, 0.2) is 0 Å². The number of hydrogen-bond donors (Lipinski definition) is 0. The van der Waals surface area contributed by atoms with Crippen molar-refractivity contribution >= 4 is 11.6 Å². The molecule has 84 valence electrons. The van der Waals surface area contributed by atoms with Gasteiger partial charge >= 0.3 is 0 Å². The summed E-state index contributed by atoms with van der Waals surface area (Å²) in [6, 6.07) is 14.0. The quantitative estimate of drug-likeness (QED) is 0.713. The van der Waals surface area contributed by atoms with Gasteiger partial charge in [-0.2, -0.15) is 0 Å². The lowest BCUT2D eigenvalue weighted by atomic mass is 10.2. The average molecular weight is 234 g/mol. The maximum atomic E-state index is 5.53. The standard InChI is InChI=1S/C7H7Cl.C7H9N/c8-6-7-4-2-1-3-5-7;1-2-7-3-5-8-6-4-7/h1-5H,6H2;3-6H,2H2,1H3. The molecule has 0 atom stereocenters. The van der Waals surface area contributed by atoms with Crippen LogP contribution in [0.4, 0.5) is 0 Å². The SMILES string of the molecule is CCc1ccncc1.ClCc1ccccc1. The number of rotatable bonds is 2. The molecule has 0 aliphatic heterocycles. The Morgan fingerprint density at radius 2 is 1.56 bits per heavy atom. The van der Waals surface area contributed by atoms with E-state index in [1.54, 1.807) is 0 Å². The lowest BCUT2D eigenvalue weighted by Crippen LogP contribution is -1.76. The molecule has 0 unspecified atom stereocenters. The third-order valence-electron chi connectivity index (χ3n) is 2.15. The molecule has 0 N–H and O–H groups in total. The Bertz CT molecular complexity index is 333. The van der Waals surface area contributed by atoms with Crippen LogP contribution in [0.3, 0.4) is 0 Å². The van der Waals surface area contributed by atoms with Crippen LogP contribution in [0.5, 0.6) is 0 Å². The van der Waals surface area contributed by atoms with E-state index in [-0.39, 0.29) is 0 Å². The Morgan fingerprint density at radius 3 is 1.94 bits per heavy atom. The lowest BCUT2D eigenvalue weighted by molar-refractivity contribution is 1.12. The third kappa shape index (κ3) is 4.94. The average Bonchev–Trinajstić information content (AvgIpc) is 2.41. The van der Waals surface area contributed by atoms with Gasteiger partial charge in [0.05, 0.1) is 0 Å². The van der Waals surface area contributed by atoms with Gasteiger partial charge in [0.1, 0.15) is 0 Å². The molecule has 2 aromatic rings. The van der Waals surface area contributed by atoms with Crippen LogP contribution in [0.25, 0.3) is 0 Å². The van der Waals surface area contributed by atoms with Crippen molar-refractivity contribution in [3.05, 3.63) is 66.0 Å². The molecule has 1 heterocycles. The molecular formula is C14H16ClN. The van der Waals surface area contributed by atoms with Crippen LogP contribution in [0, 0.1) is 0 Å². The summed E-state index contributed by atoms with van der Waals surface area (Å²) >= 11 is 5.53. The maximum Gasteiger partial charge on any atom is 0.0474 e. The second kappa shape index (κ2) is 7.89. The van der Waals surface area contributed by atoms with E-state index in [2.05, 4.69) is 11.9 Å². The van der Waals surface area contributed by atoms with Crippen LogP contribution in [0.15, 0.2) is 54.9 Å². The number of nitrogens with zero attached hydrogens (tertiary/aromatic N) is 1. The van der Waals surface area contributed by atoms with Crippen molar-refractivity contribution in [1.82, 2.24) is 4.98 Å². The van der Waals surface area contributed by atoms with E-state index in [1.165, 1.54) is 11.1 Å². The van der Waals surface area contributed by atoms with E-state index in [4.69, 9.17) is 11.6 Å². The molecule has 0 bridgehead atoms. The molecule has 16 heavy (non-hydrogen) atoms. The minimum absolute atomic E-state index is 0.612. The second-order valence-electron chi connectivity index (χ2n) is 3.33. The number of alkyl halides is 1. The van der Waals surface area contributed by atoms with Crippen LogP contribution in [0.1, 0.15) is 18.1 Å². The van der Waals surface area contributed by atoms with E-state index in [0.717, 1.165) is 6.42 Å². The molecule has 1 nitrogen and oxygen atoms in total. The minimum Gasteiger partial charge on any atom is -0.265 e. The van der Waals surface area contributed by atoms with E-state index in [0.29, 0.717) is 5.88 Å². The molecular weight excluding hydrogens is 218 g/mol. The molecule has 0 saturated carbocycles. The summed E-state index contributed by atoms with van der Waals surface area (Å²) in [5, 5.41) is 0. The van der Waals surface area contributed by atoms with Crippen LogP contribution in [-0.2, 0) is 12.3 Å². The zero-order chi connectivity index (χ0) is 11.6. The van der Waals surface area contributed by atoms with Crippen LogP contribution >= 0.6 is 11.6 Å². The van der Waals surface area contributed by atoms with Crippen molar-refractivity contribution in [1.29, 1.82) is 0 Å². The molecule has 0 radical (unpaired) electrons. The molecule has 0 aliphatic carbocycles. The molecule has 0 spiro atoms. The van der Waals surface area contributed by atoms with Crippen molar-refractivity contribution in [2.75, 3.05) is 0 Å². The minimum atomic E-state index is 0.612. The summed E-state index contributed by atoms with van der Waals surface area (Å²) in [6.45, 7) is 2.13. The van der Waals surface area contributed by atoms with E-state index < -0.39 is 0 Å². The Morgan fingerprint density at radius 1 is 0.938 bits per heavy atom. The highest BCUT2D eigenvalue weighted by Crippen LogP contribution is 2.00. The van der Waals surface area contributed by atoms with Gasteiger partial charge in [-0.05, 0) is 29.7 Å². The van der Waals surface area contributed by atoms with Crippen LogP contribution in [0.2, 0.25) is 0 Å². The topological polar surface area (TPSA) is 12.9 Å². The third-order valence-corrected chi connectivity index (χ3v) is 2.46. The van der Waals surface area contributed by atoms with Gasteiger partial charge in [-0.1, -0.05) is 37.3 Å². The maximum absolute atomic E-state index is 5.53. The molecule has 1 aromatic heterocycles. The summed E-state index contributed by atoms with van der Waals surface area (Å²) in [4.78, 5) is 3.89. The summed E-state index contributed by atoms with van der Waals surface area (Å²) in [5.41, 5.74) is 2.52. The Kier molecular flexibility index (Phi) is 6.28.